The minimum absolute atomic E-state index is 0.332. The summed E-state index contributed by atoms with van der Waals surface area (Å²) < 4.78 is 0. The van der Waals surface area contributed by atoms with Gasteiger partial charge in [-0.25, -0.2) is 9.97 Å². The molecular weight excluding hydrogens is 278 g/mol. The van der Waals surface area contributed by atoms with Gasteiger partial charge in [0.2, 0.25) is 0 Å². The van der Waals surface area contributed by atoms with Crippen LogP contribution in [0.2, 0.25) is 5.15 Å². The second-order valence-electron chi connectivity index (χ2n) is 5.44. The first-order valence-corrected chi connectivity index (χ1v) is 8.58. The molecule has 0 saturated heterocycles. The monoisotopic (exact) mass is 299 g/mol. The zero-order valence-corrected chi connectivity index (χ0v) is 13.4. The van der Waals surface area contributed by atoms with Crippen LogP contribution in [-0.2, 0) is 0 Å². The molecule has 1 aliphatic rings. The average Bonchev–Trinajstić information content (AvgIpc) is 2.39. The molecule has 2 rings (SSSR count). The lowest BCUT2D eigenvalue weighted by molar-refractivity contribution is 0.471. The number of hydrogen-bond donors (Lipinski definition) is 1. The number of nitrogens with one attached hydrogen (secondary N) is 1. The molecule has 0 atom stereocenters. The Labute approximate surface area is 124 Å². The minimum atomic E-state index is 0.332. The Bertz CT molecular complexity index is 417. The normalized spacial score (nSPS) is 23.6. The Morgan fingerprint density at radius 3 is 2.53 bits per heavy atom. The standard InChI is InChI=1S/C14H22ClN3S/c1-9(2)12-13(15)16-8-17-14(12)18-10-4-6-11(19-3)7-5-10/h8-11H,4-7H2,1-3H3,(H,16,17,18). The lowest BCUT2D eigenvalue weighted by Gasteiger charge is -2.29. The van der Waals surface area contributed by atoms with Gasteiger partial charge < -0.3 is 5.32 Å². The van der Waals surface area contributed by atoms with Gasteiger partial charge in [-0.15, -0.1) is 0 Å². The SMILES string of the molecule is CSC1CCC(Nc2ncnc(Cl)c2C(C)C)CC1. The molecule has 0 aliphatic heterocycles. The number of hydrogen-bond acceptors (Lipinski definition) is 4. The largest absolute Gasteiger partial charge is 0.367 e. The maximum absolute atomic E-state index is 6.19. The molecule has 0 aromatic carbocycles. The van der Waals surface area contributed by atoms with Crippen LogP contribution < -0.4 is 5.32 Å². The van der Waals surface area contributed by atoms with E-state index in [0.29, 0.717) is 17.1 Å². The van der Waals surface area contributed by atoms with E-state index in [1.54, 1.807) is 6.33 Å². The van der Waals surface area contributed by atoms with E-state index >= 15 is 0 Å². The van der Waals surface area contributed by atoms with Crippen molar-refractivity contribution in [2.75, 3.05) is 11.6 Å². The van der Waals surface area contributed by atoms with E-state index in [1.807, 2.05) is 11.8 Å². The third-order valence-electron chi connectivity index (χ3n) is 3.76. The summed E-state index contributed by atoms with van der Waals surface area (Å²) in [5.41, 5.74) is 1.04. The first-order chi connectivity index (χ1) is 9.11. The quantitative estimate of drug-likeness (QED) is 0.839. The maximum atomic E-state index is 6.19. The molecule has 1 aromatic heterocycles. The Hall–Kier alpha value is -0.480. The molecule has 3 nitrogen and oxygen atoms in total. The second-order valence-corrected chi connectivity index (χ2v) is 6.93. The Balaban J connectivity index is 2.06. The Kier molecular flexibility index (Phi) is 5.34. The average molecular weight is 300 g/mol. The Morgan fingerprint density at radius 1 is 1.26 bits per heavy atom. The molecule has 1 saturated carbocycles. The van der Waals surface area contributed by atoms with Crippen molar-refractivity contribution >= 4 is 29.2 Å². The highest BCUT2D eigenvalue weighted by Gasteiger charge is 2.22. The third-order valence-corrected chi connectivity index (χ3v) is 5.20. The van der Waals surface area contributed by atoms with Crippen LogP contribution in [0.25, 0.3) is 0 Å². The minimum Gasteiger partial charge on any atom is -0.367 e. The molecule has 0 amide bonds. The molecule has 106 valence electrons. The third kappa shape index (κ3) is 3.76. The molecule has 0 spiro atoms. The van der Waals surface area contributed by atoms with Crippen molar-refractivity contribution in [2.45, 2.75) is 56.7 Å². The summed E-state index contributed by atoms with van der Waals surface area (Å²) in [6.45, 7) is 4.25. The lowest BCUT2D eigenvalue weighted by atomic mass is 9.94. The van der Waals surface area contributed by atoms with Crippen molar-refractivity contribution in [3.05, 3.63) is 17.0 Å². The van der Waals surface area contributed by atoms with Crippen molar-refractivity contribution in [3.8, 4) is 0 Å². The van der Waals surface area contributed by atoms with Crippen molar-refractivity contribution in [2.24, 2.45) is 0 Å². The summed E-state index contributed by atoms with van der Waals surface area (Å²) in [5.74, 6) is 1.25. The van der Waals surface area contributed by atoms with Gasteiger partial charge in [0.05, 0.1) is 0 Å². The number of rotatable bonds is 4. The molecule has 1 fully saturated rings. The highest BCUT2D eigenvalue weighted by molar-refractivity contribution is 7.99. The van der Waals surface area contributed by atoms with Gasteiger partial charge in [-0.2, -0.15) is 11.8 Å². The summed E-state index contributed by atoms with van der Waals surface area (Å²) in [6, 6.07) is 0.520. The Morgan fingerprint density at radius 2 is 1.95 bits per heavy atom. The summed E-state index contributed by atoms with van der Waals surface area (Å²) in [5, 5.41) is 4.98. The summed E-state index contributed by atoms with van der Waals surface area (Å²) in [4.78, 5) is 8.47. The summed E-state index contributed by atoms with van der Waals surface area (Å²) >= 11 is 8.18. The molecular formula is C14H22ClN3S. The van der Waals surface area contributed by atoms with E-state index in [4.69, 9.17) is 11.6 Å². The van der Waals surface area contributed by atoms with Crippen molar-refractivity contribution in [3.63, 3.8) is 0 Å². The van der Waals surface area contributed by atoms with Crippen molar-refractivity contribution in [1.29, 1.82) is 0 Å². The fourth-order valence-corrected chi connectivity index (χ4v) is 3.73. The van der Waals surface area contributed by atoms with E-state index in [2.05, 4.69) is 35.4 Å². The molecule has 0 radical (unpaired) electrons. The van der Waals surface area contributed by atoms with E-state index in [-0.39, 0.29) is 0 Å². The van der Waals surface area contributed by atoms with E-state index < -0.39 is 0 Å². The number of thioether (sulfide) groups is 1. The number of aromatic nitrogens is 2. The van der Waals surface area contributed by atoms with Crippen molar-refractivity contribution < 1.29 is 0 Å². The fourth-order valence-electron chi connectivity index (χ4n) is 2.64. The van der Waals surface area contributed by atoms with Crippen LogP contribution in [0.1, 0.15) is 51.0 Å². The van der Waals surface area contributed by atoms with Gasteiger partial charge >= 0.3 is 0 Å². The predicted molar refractivity (Wildman–Crippen MR) is 84.3 cm³/mol. The van der Waals surface area contributed by atoms with Crippen LogP contribution in [0.5, 0.6) is 0 Å². The zero-order valence-electron chi connectivity index (χ0n) is 11.8. The predicted octanol–water partition coefficient (Wildman–Crippen LogP) is 4.34. The second kappa shape index (κ2) is 6.80. The smallest absolute Gasteiger partial charge is 0.138 e. The van der Waals surface area contributed by atoms with Crippen LogP contribution >= 0.6 is 23.4 Å². The van der Waals surface area contributed by atoms with Crippen LogP contribution in [0.3, 0.4) is 0 Å². The zero-order chi connectivity index (χ0) is 13.8. The summed E-state index contributed by atoms with van der Waals surface area (Å²) in [6.07, 6.45) is 8.75. The van der Waals surface area contributed by atoms with E-state index in [0.717, 1.165) is 16.6 Å². The van der Waals surface area contributed by atoms with Gasteiger partial charge in [0.15, 0.2) is 0 Å². The molecule has 0 bridgehead atoms. The van der Waals surface area contributed by atoms with Crippen LogP contribution in [0.4, 0.5) is 5.82 Å². The van der Waals surface area contributed by atoms with Gasteiger partial charge in [0, 0.05) is 16.9 Å². The number of nitrogens with zero attached hydrogens (tertiary/aromatic N) is 2. The lowest BCUT2D eigenvalue weighted by Crippen LogP contribution is -2.28. The van der Waals surface area contributed by atoms with Crippen LogP contribution in [0, 0.1) is 0 Å². The van der Waals surface area contributed by atoms with Gasteiger partial charge in [-0.1, -0.05) is 25.4 Å². The first kappa shape index (κ1) is 14.9. The van der Waals surface area contributed by atoms with Crippen LogP contribution in [-0.4, -0.2) is 27.5 Å². The van der Waals surface area contributed by atoms with E-state index in [9.17, 15) is 0 Å². The highest BCUT2D eigenvalue weighted by atomic mass is 35.5. The first-order valence-electron chi connectivity index (χ1n) is 6.91. The fraction of sp³-hybridized carbons (Fsp3) is 0.714. The van der Waals surface area contributed by atoms with Gasteiger partial charge in [-0.05, 0) is 37.9 Å². The molecule has 1 heterocycles. The topological polar surface area (TPSA) is 37.8 Å². The van der Waals surface area contributed by atoms with Crippen LogP contribution in [0.15, 0.2) is 6.33 Å². The number of halogens is 1. The molecule has 5 heteroatoms. The highest BCUT2D eigenvalue weighted by Crippen LogP contribution is 2.32. The molecule has 19 heavy (non-hydrogen) atoms. The van der Waals surface area contributed by atoms with Gasteiger partial charge in [0.1, 0.15) is 17.3 Å². The molecule has 0 unspecified atom stereocenters. The van der Waals surface area contributed by atoms with E-state index in [1.165, 1.54) is 25.7 Å². The van der Waals surface area contributed by atoms with Gasteiger partial charge in [-0.3, -0.25) is 0 Å². The molecule has 1 N–H and O–H groups in total. The maximum Gasteiger partial charge on any atom is 0.138 e. The summed E-state index contributed by atoms with van der Waals surface area (Å²) in [7, 11) is 0. The van der Waals surface area contributed by atoms with Gasteiger partial charge in [0.25, 0.3) is 0 Å². The number of anilines is 1. The molecule has 1 aromatic rings. The molecule has 1 aliphatic carbocycles. The van der Waals surface area contributed by atoms with Crippen molar-refractivity contribution in [1.82, 2.24) is 9.97 Å².